The molecule has 6 heterocycles. The second-order valence-electron chi connectivity index (χ2n) is 24.1. The molecule has 14 nitrogen and oxygen atoms in total. The lowest BCUT2D eigenvalue weighted by molar-refractivity contribution is 0.412. The van der Waals surface area contributed by atoms with Crippen molar-refractivity contribution in [1.29, 1.82) is 0 Å². The summed E-state index contributed by atoms with van der Waals surface area (Å²) in [5.74, 6) is 6.81. The fourth-order valence-corrected chi connectivity index (χ4v) is 14.0. The molecule has 4 N–H and O–H groups in total. The van der Waals surface area contributed by atoms with E-state index in [2.05, 4.69) is 81.3 Å². The van der Waals surface area contributed by atoms with Gasteiger partial charge < -0.3 is 50.0 Å². The Labute approximate surface area is 512 Å². The first kappa shape index (κ1) is 59.8. The smallest absolute Gasteiger partial charge is 0.129 e. The maximum absolute atomic E-state index is 6.65. The number of rotatable bonds is 14. The van der Waals surface area contributed by atoms with Crippen molar-refractivity contribution in [3.8, 4) is 23.0 Å². The van der Waals surface area contributed by atoms with Crippen LogP contribution in [0.1, 0.15) is 131 Å². The number of ether oxygens (including phenoxy) is 4. The Morgan fingerprint density at radius 3 is 1.01 bits per heavy atom. The van der Waals surface area contributed by atoms with E-state index in [9.17, 15) is 0 Å². The molecule has 16 heteroatoms. The fourth-order valence-electron chi connectivity index (χ4n) is 13.5. The zero-order valence-corrected chi connectivity index (χ0v) is 52.7. The highest BCUT2D eigenvalue weighted by atomic mass is 35.5. The van der Waals surface area contributed by atoms with Crippen molar-refractivity contribution in [2.75, 3.05) is 85.7 Å². The summed E-state index contributed by atoms with van der Waals surface area (Å²) >= 11 is 13.3. The molecule has 0 radical (unpaired) electrons. The van der Waals surface area contributed by atoms with Crippen LogP contribution in [0.3, 0.4) is 0 Å². The van der Waals surface area contributed by atoms with Crippen LogP contribution in [0.5, 0.6) is 23.0 Å². The van der Waals surface area contributed by atoms with Crippen molar-refractivity contribution in [3.05, 3.63) is 105 Å². The molecule has 4 aromatic carbocycles. The van der Waals surface area contributed by atoms with Crippen molar-refractivity contribution in [2.45, 2.75) is 161 Å². The summed E-state index contributed by atoms with van der Waals surface area (Å²) in [6, 6.07) is 25.8. The number of halogens is 2. The van der Waals surface area contributed by atoms with Crippen LogP contribution in [0, 0.1) is 27.7 Å². The average molecular weight is 1190 g/mol. The highest BCUT2D eigenvalue weighted by Crippen LogP contribution is 2.40. The van der Waals surface area contributed by atoms with Gasteiger partial charge in [-0.1, -0.05) is 81.0 Å². The van der Waals surface area contributed by atoms with Crippen LogP contribution in [-0.2, 0) is 0 Å². The van der Waals surface area contributed by atoms with E-state index in [4.69, 9.17) is 62.1 Å². The molecule has 0 unspecified atom stereocenters. The summed E-state index contributed by atoms with van der Waals surface area (Å²) < 4.78 is 22.3. The maximum atomic E-state index is 6.65. The Hall–Kier alpha value is -6.90. The van der Waals surface area contributed by atoms with Crippen LogP contribution in [0.25, 0.3) is 43.6 Å². The minimum Gasteiger partial charge on any atom is -0.496 e. The van der Waals surface area contributed by atoms with Gasteiger partial charge in [0.2, 0.25) is 0 Å². The Kier molecular flexibility index (Phi) is 19.1. The molecule has 0 spiro atoms. The molecule has 85 heavy (non-hydrogen) atoms. The summed E-state index contributed by atoms with van der Waals surface area (Å²) in [7, 11) is 6.82. The normalized spacial score (nSPS) is 19.6. The molecule has 0 bridgehead atoms. The molecule has 4 aromatic heterocycles. The number of benzene rings is 4. The molecule has 450 valence electrons. The van der Waals surface area contributed by atoms with Crippen molar-refractivity contribution < 1.29 is 18.9 Å². The number of pyridine rings is 4. The Morgan fingerprint density at radius 1 is 0.341 bits per heavy atom. The van der Waals surface area contributed by atoms with Gasteiger partial charge in [-0.05, 0) is 150 Å². The van der Waals surface area contributed by atoms with Crippen LogP contribution in [0.2, 0.25) is 10.0 Å². The molecule has 13 rings (SSSR count). The van der Waals surface area contributed by atoms with Crippen LogP contribution >= 0.6 is 23.2 Å². The third kappa shape index (κ3) is 13.7. The highest BCUT2D eigenvalue weighted by molar-refractivity contribution is 6.36. The van der Waals surface area contributed by atoms with Gasteiger partial charge in [-0.25, -0.2) is 19.9 Å². The molecule has 3 saturated carbocycles. The van der Waals surface area contributed by atoms with Gasteiger partial charge in [-0.15, -0.1) is 0 Å². The zero-order valence-electron chi connectivity index (χ0n) is 51.2. The largest absolute Gasteiger partial charge is 0.496 e. The maximum Gasteiger partial charge on any atom is 0.129 e. The van der Waals surface area contributed by atoms with Crippen LogP contribution in [0.15, 0.2) is 72.8 Å². The number of fused-ring (bicyclic) bond motifs is 4. The first-order valence-electron chi connectivity index (χ1n) is 31.2. The first-order valence-corrected chi connectivity index (χ1v) is 32.0. The van der Waals surface area contributed by atoms with Gasteiger partial charge in [0.25, 0.3) is 0 Å². The minimum atomic E-state index is 0.168. The molecule has 2 saturated heterocycles. The Morgan fingerprint density at radius 2 is 0.624 bits per heavy atom. The lowest BCUT2D eigenvalue weighted by Crippen LogP contribution is -2.42. The van der Waals surface area contributed by atoms with Gasteiger partial charge >= 0.3 is 0 Å². The van der Waals surface area contributed by atoms with Gasteiger partial charge in [0.1, 0.15) is 46.3 Å². The van der Waals surface area contributed by atoms with E-state index in [0.717, 1.165) is 166 Å². The van der Waals surface area contributed by atoms with E-state index in [0.29, 0.717) is 10.0 Å². The molecule has 8 aromatic rings. The lowest BCUT2D eigenvalue weighted by atomic mass is 9.90. The van der Waals surface area contributed by atoms with Crippen molar-refractivity contribution in [3.63, 3.8) is 0 Å². The van der Waals surface area contributed by atoms with Gasteiger partial charge in [-0.2, -0.15) is 0 Å². The van der Waals surface area contributed by atoms with Crippen LogP contribution in [0.4, 0.5) is 34.6 Å². The van der Waals surface area contributed by atoms with Gasteiger partial charge in [0.15, 0.2) is 0 Å². The van der Waals surface area contributed by atoms with E-state index >= 15 is 0 Å². The zero-order chi connectivity index (χ0) is 59.1. The molecular weight excluding hydrogens is 1100 g/mol. The third-order valence-electron chi connectivity index (χ3n) is 18.2. The summed E-state index contributed by atoms with van der Waals surface area (Å²) in [4.78, 5) is 25.0. The van der Waals surface area contributed by atoms with Crippen LogP contribution < -0.4 is 50.0 Å². The van der Waals surface area contributed by atoms with Gasteiger partial charge in [0, 0.05) is 108 Å². The predicted octanol–water partition coefficient (Wildman–Crippen LogP) is 17.0. The Bertz CT molecular complexity index is 3650. The molecule has 5 fully saturated rings. The predicted molar refractivity (Wildman–Crippen MR) is 355 cm³/mol. The molecule has 5 aliphatic rings. The molecule has 2 aliphatic heterocycles. The van der Waals surface area contributed by atoms with Crippen molar-refractivity contribution in [1.82, 2.24) is 19.9 Å². The second-order valence-corrected chi connectivity index (χ2v) is 24.9. The van der Waals surface area contributed by atoms with E-state index in [1.807, 2.05) is 50.2 Å². The number of anilines is 6. The number of hydrogen-bond acceptors (Lipinski definition) is 14. The number of nitrogens with one attached hydrogen (secondary N) is 4. The monoisotopic (exact) mass is 1190 g/mol. The van der Waals surface area contributed by atoms with Crippen molar-refractivity contribution >= 4 is 101 Å². The molecule has 3 aliphatic carbocycles. The van der Waals surface area contributed by atoms with E-state index in [-0.39, 0.29) is 24.2 Å². The summed E-state index contributed by atoms with van der Waals surface area (Å²) in [6.07, 6.45) is 21.4. The summed E-state index contributed by atoms with van der Waals surface area (Å²) in [5, 5.41) is 20.5. The van der Waals surface area contributed by atoms with E-state index in [1.54, 1.807) is 28.4 Å². The third-order valence-corrected chi connectivity index (χ3v) is 18.8. The number of methoxy groups -OCH3 is 4. The summed E-state index contributed by atoms with van der Waals surface area (Å²) in [6.45, 7) is 12.6. The molecule has 0 amide bonds. The minimum absolute atomic E-state index is 0.168. The van der Waals surface area contributed by atoms with Crippen LogP contribution in [-0.4, -0.2) is 98.7 Å². The SMILES string of the molecule is C1CCCC1.COc1cc2nc(N[C@@H]3CCCC[C@H]3Nc3cc(Cl)c4cc(OC)c(C)cc4n3)cc(Cl)c2cc1C.COc1cc2nc(N[C@@H]3CCCC[C@H]3Nc3cc(N4CCCC4)c4cc(OC)c(C)cc4n3)cc(N3CCCC3)c2cc1C. The van der Waals surface area contributed by atoms with Gasteiger partial charge in [-0.3, -0.25) is 0 Å². The Balaban J connectivity index is 0.000000166. The first-order chi connectivity index (χ1) is 41.4. The molecular formula is C69H86Cl2N10O4. The average Bonchev–Trinajstić information content (AvgIpc) is 4.47. The summed E-state index contributed by atoms with van der Waals surface area (Å²) in [5.41, 5.74) is 10.5. The fraction of sp³-hybridized carbons (Fsp3) is 0.478. The van der Waals surface area contributed by atoms with E-state index in [1.165, 1.54) is 92.8 Å². The van der Waals surface area contributed by atoms with Gasteiger partial charge in [0.05, 0.1) is 60.6 Å². The van der Waals surface area contributed by atoms with Crippen molar-refractivity contribution in [2.24, 2.45) is 0 Å². The lowest BCUT2D eigenvalue weighted by Gasteiger charge is -2.34. The number of aromatic nitrogens is 4. The highest BCUT2D eigenvalue weighted by Gasteiger charge is 2.30. The quantitative estimate of drug-likeness (QED) is 0.0820. The standard InChI is InChI=1S/C36H46N6O2.C28H30Cl2N4O2.C5H10/c1-23-17-25-30(20-34(23)44-4)40-36(21-31(25)41-13-7-8-14-41)38-28-12-6-5-11-27(28)37-35-22-32(42-15-9-10-16-42)26-19-33(43-3)24(2)18-29(26)39-35;1-15-9-17-19(29)12-28(34-24(17)14-26(15)36-4)32-22-8-6-5-7-21(22)31-27-13-20(30)18-11-25(35-3)16(2)10-23(18)33-27;1-2-4-5-3-1/h17-22,27-28H,5-16H2,1-4H3,(H,37,39)(H,38,40);9-14,21-22H,5-8H2,1-4H3,(H,31,33)(H,32,34);1-5H2/t27-,28-;21-,22-;/m11./s1. The molecule has 4 atom stereocenters. The number of hydrogen-bond donors (Lipinski definition) is 4. The topological polar surface area (TPSA) is 143 Å². The second kappa shape index (κ2) is 27.2. The van der Waals surface area contributed by atoms with E-state index < -0.39 is 0 Å². The number of aryl methyl sites for hydroxylation is 4. The number of nitrogens with zero attached hydrogens (tertiary/aromatic N) is 6.